The minimum absolute atomic E-state index is 0.0563. The van der Waals surface area contributed by atoms with Crippen LogP contribution in [0.1, 0.15) is 17.0 Å². The highest BCUT2D eigenvalue weighted by Gasteiger charge is 2.35. The van der Waals surface area contributed by atoms with Crippen molar-refractivity contribution in [3.05, 3.63) is 76.6 Å². The molecule has 1 aliphatic heterocycles. The number of hydrogen-bond acceptors (Lipinski definition) is 3. The molecule has 1 atom stereocenters. The zero-order valence-electron chi connectivity index (χ0n) is 15.6. The lowest BCUT2D eigenvalue weighted by Gasteiger charge is -2.12. The minimum atomic E-state index is -0.446. The van der Waals surface area contributed by atoms with E-state index >= 15 is 0 Å². The molecule has 3 heterocycles. The Kier molecular flexibility index (Phi) is 3.45. The first-order valence-electron chi connectivity index (χ1n) is 9.55. The summed E-state index contributed by atoms with van der Waals surface area (Å²) in [5.74, 6) is -0.307. The fourth-order valence-electron chi connectivity index (χ4n) is 4.40. The molecule has 2 aromatic heterocycles. The highest BCUT2D eigenvalue weighted by atomic mass is 32.1. The highest BCUT2D eigenvalue weighted by Crippen LogP contribution is 2.45. The van der Waals surface area contributed by atoms with E-state index in [1.807, 2.05) is 48.5 Å². The highest BCUT2D eigenvalue weighted by molar-refractivity contribution is 7.71. The zero-order chi connectivity index (χ0) is 20.4. The number of para-hydroxylation sites is 1. The maximum Gasteiger partial charge on any atom is 0.236 e. The van der Waals surface area contributed by atoms with Gasteiger partial charge in [-0.1, -0.05) is 18.2 Å². The molecule has 1 amide bonds. The SMILES string of the molecule is O=C1Nc2ccccc2C1c1c(-c2ccc(O)cc2)[nH]c2cc3[nH]c(=S)[nH]c3cc12. The second-order valence-electron chi connectivity index (χ2n) is 7.49. The molecule has 5 aromatic rings. The molecule has 7 heteroatoms. The molecule has 0 saturated heterocycles. The van der Waals surface area contributed by atoms with Crippen LogP contribution in [0.15, 0.2) is 60.7 Å². The van der Waals surface area contributed by atoms with Crippen LogP contribution in [0.4, 0.5) is 5.69 Å². The number of nitrogens with one attached hydrogen (secondary N) is 4. The molecule has 0 bridgehead atoms. The Morgan fingerprint density at radius 3 is 2.40 bits per heavy atom. The van der Waals surface area contributed by atoms with Crippen LogP contribution in [0.2, 0.25) is 0 Å². The van der Waals surface area contributed by atoms with Crippen molar-refractivity contribution in [1.29, 1.82) is 0 Å². The molecule has 6 rings (SSSR count). The van der Waals surface area contributed by atoms with Gasteiger partial charge in [-0.25, -0.2) is 0 Å². The van der Waals surface area contributed by atoms with Crippen molar-refractivity contribution in [2.24, 2.45) is 0 Å². The predicted octanol–water partition coefficient (Wildman–Crippen LogP) is 5.16. The fraction of sp³-hybridized carbons (Fsp3) is 0.0435. The lowest BCUT2D eigenvalue weighted by atomic mass is 9.88. The molecule has 0 spiro atoms. The second kappa shape index (κ2) is 6.08. The van der Waals surface area contributed by atoms with Gasteiger partial charge in [0.15, 0.2) is 4.77 Å². The average Bonchev–Trinajstić information content (AvgIpc) is 3.37. The number of carbonyl (C=O) groups excluding carboxylic acids is 1. The Morgan fingerprint density at radius 2 is 1.60 bits per heavy atom. The average molecular weight is 412 g/mol. The van der Waals surface area contributed by atoms with Crippen molar-refractivity contribution < 1.29 is 9.90 Å². The topological polar surface area (TPSA) is 96.7 Å². The Bertz CT molecular complexity index is 1520. The van der Waals surface area contributed by atoms with Crippen molar-refractivity contribution in [2.75, 3.05) is 5.32 Å². The van der Waals surface area contributed by atoms with Crippen molar-refractivity contribution in [3.8, 4) is 17.0 Å². The van der Waals surface area contributed by atoms with Crippen LogP contribution in [-0.4, -0.2) is 26.0 Å². The van der Waals surface area contributed by atoms with Gasteiger partial charge in [-0.2, -0.15) is 0 Å². The van der Waals surface area contributed by atoms with Crippen LogP contribution in [0.3, 0.4) is 0 Å². The summed E-state index contributed by atoms with van der Waals surface area (Å²) in [6, 6.07) is 18.8. The number of rotatable bonds is 2. The summed E-state index contributed by atoms with van der Waals surface area (Å²) in [4.78, 5) is 22.9. The Balaban J connectivity index is 1.70. The number of phenols is 1. The predicted molar refractivity (Wildman–Crippen MR) is 119 cm³/mol. The van der Waals surface area contributed by atoms with Gasteiger partial charge >= 0.3 is 0 Å². The number of H-pyrrole nitrogens is 3. The summed E-state index contributed by atoms with van der Waals surface area (Å²) >= 11 is 5.24. The van der Waals surface area contributed by atoms with Crippen LogP contribution < -0.4 is 5.32 Å². The second-order valence-corrected chi connectivity index (χ2v) is 7.90. The number of benzene rings is 3. The Labute approximate surface area is 175 Å². The molecule has 0 saturated carbocycles. The summed E-state index contributed by atoms with van der Waals surface area (Å²) in [6.45, 7) is 0. The normalized spacial score (nSPS) is 15.6. The van der Waals surface area contributed by atoms with Crippen molar-refractivity contribution >= 4 is 45.7 Å². The monoisotopic (exact) mass is 412 g/mol. The summed E-state index contributed by atoms with van der Waals surface area (Å²) in [5.41, 5.74) is 7.13. The third-order valence-electron chi connectivity index (χ3n) is 5.71. The van der Waals surface area contributed by atoms with Gasteiger partial charge in [0.05, 0.1) is 22.6 Å². The van der Waals surface area contributed by atoms with Gasteiger partial charge in [0.1, 0.15) is 5.75 Å². The minimum Gasteiger partial charge on any atom is -0.508 e. The maximum absolute atomic E-state index is 13.1. The van der Waals surface area contributed by atoms with E-state index in [1.54, 1.807) is 12.1 Å². The number of anilines is 1. The van der Waals surface area contributed by atoms with Crippen LogP contribution in [0, 0.1) is 4.77 Å². The number of aromatic hydroxyl groups is 1. The third kappa shape index (κ3) is 2.42. The van der Waals surface area contributed by atoms with Crippen LogP contribution >= 0.6 is 12.2 Å². The molecule has 5 N–H and O–H groups in total. The molecule has 0 aliphatic carbocycles. The molecule has 0 fully saturated rings. The molecule has 3 aromatic carbocycles. The summed E-state index contributed by atoms with van der Waals surface area (Å²) in [5, 5.41) is 13.7. The number of amides is 1. The molecule has 0 radical (unpaired) electrons. The first kappa shape index (κ1) is 17.1. The largest absolute Gasteiger partial charge is 0.508 e. The Hall–Kier alpha value is -3.84. The molecule has 1 aliphatic rings. The van der Waals surface area contributed by atoms with E-state index in [9.17, 15) is 9.90 Å². The van der Waals surface area contributed by atoms with Gasteiger partial charge in [-0.3, -0.25) is 4.79 Å². The van der Waals surface area contributed by atoms with Crippen LogP contribution in [-0.2, 0) is 4.79 Å². The fourth-order valence-corrected chi connectivity index (χ4v) is 4.62. The number of aromatic amines is 3. The first-order chi connectivity index (χ1) is 14.6. The number of hydrogen-bond donors (Lipinski definition) is 5. The maximum atomic E-state index is 13.1. The number of carbonyl (C=O) groups is 1. The van der Waals surface area contributed by atoms with Gasteiger partial charge in [-0.05, 0) is 65.8 Å². The number of phenolic OH excluding ortho intramolecular Hbond substituents is 1. The van der Waals surface area contributed by atoms with E-state index in [2.05, 4.69) is 20.3 Å². The van der Waals surface area contributed by atoms with E-state index in [0.717, 1.165) is 50.0 Å². The van der Waals surface area contributed by atoms with E-state index in [4.69, 9.17) is 12.2 Å². The van der Waals surface area contributed by atoms with E-state index in [0.29, 0.717) is 4.77 Å². The van der Waals surface area contributed by atoms with Crippen molar-refractivity contribution in [2.45, 2.75) is 5.92 Å². The van der Waals surface area contributed by atoms with E-state index in [1.165, 1.54) is 0 Å². The van der Waals surface area contributed by atoms with Gasteiger partial charge in [0, 0.05) is 22.2 Å². The molecular weight excluding hydrogens is 396 g/mol. The number of imidazole rings is 1. The molecule has 1 unspecified atom stereocenters. The quantitative estimate of drug-likeness (QED) is 0.259. The van der Waals surface area contributed by atoms with Crippen molar-refractivity contribution in [3.63, 3.8) is 0 Å². The summed E-state index contributed by atoms with van der Waals surface area (Å²) in [6.07, 6.45) is 0. The van der Waals surface area contributed by atoms with Gasteiger partial charge in [0.25, 0.3) is 0 Å². The molecule has 6 nitrogen and oxygen atoms in total. The summed E-state index contributed by atoms with van der Waals surface area (Å²) < 4.78 is 0.557. The number of fused-ring (bicyclic) bond motifs is 3. The van der Waals surface area contributed by atoms with Gasteiger partial charge in [0.2, 0.25) is 5.91 Å². The van der Waals surface area contributed by atoms with Gasteiger partial charge < -0.3 is 25.4 Å². The molecule has 146 valence electrons. The third-order valence-corrected chi connectivity index (χ3v) is 5.91. The smallest absolute Gasteiger partial charge is 0.236 e. The van der Waals surface area contributed by atoms with Crippen LogP contribution in [0.5, 0.6) is 5.75 Å². The first-order valence-corrected chi connectivity index (χ1v) is 9.96. The van der Waals surface area contributed by atoms with Crippen LogP contribution in [0.25, 0.3) is 33.2 Å². The van der Waals surface area contributed by atoms with E-state index < -0.39 is 5.92 Å². The number of aromatic nitrogens is 3. The Morgan fingerprint density at radius 1 is 0.867 bits per heavy atom. The lowest BCUT2D eigenvalue weighted by Crippen LogP contribution is -2.13. The summed E-state index contributed by atoms with van der Waals surface area (Å²) in [7, 11) is 0. The lowest BCUT2D eigenvalue weighted by molar-refractivity contribution is -0.116. The molecular formula is C23H16N4O2S. The van der Waals surface area contributed by atoms with E-state index in [-0.39, 0.29) is 11.7 Å². The molecule has 30 heavy (non-hydrogen) atoms. The van der Waals surface area contributed by atoms with Crippen molar-refractivity contribution in [1.82, 2.24) is 15.0 Å². The zero-order valence-corrected chi connectivity index (χ0v) is 16.4. The van der Waals surface area contributed by atoms with Gasteiger partial charge in [-0.15, -0.1) is 0 Å². The standard InChI is InChI=1S/C23H16N4O2S/c28-12-7-5-11(6-8-12)21-19(20-13-3-1-2-4-15(13)25-22(20)29)14-9-17-18(10-16(14)24-21)27-23(30)26-17/h1-10,20,24,28H,(H,25,29)(H2,26,27,30).